The number of benzene rings is 1. The van der Waals surface area contributed by atoms with Crippen molar-refractivity contribution in [2.75, 3.05) is 6.54 Å². The monoisotopic (exact) mass is 249 g/mol. The minimum atomic E-state index is -1.47. The molecule has 0 spiro atoms. The highest BCUT2D eigenvalue weighted by Crippen LogP contribution is 2.23. The first-order valence-corrected chi connectivity index (χ1v) is 5.06. The molecule has 0 amide bonds. The number of rotatable bonds is 6. The number of aliphatic hydroxyl groups excluding tert-OH is 2. The molecule has 18 heavy (non-hydrogen) atoms. The second kappa shape index (κ2) is 6.51. The summed E-state index contributed by atoms with van der Waals surface area (Å²) in [6.07, 6.45) is -1.91. The zero-order chi connectivity index (χ0) is 13.5. The van der Waals surface area contributed by atoms with E-state index >= 15 is 0 Å². The van der Waals surface area contributed by atoms with E-state index < -0.39 is 12.2 Å². The van der Waals surface area contributed by atoms with Crippen LogP contribution >= 0.6 is 0 Å². The molecule has 1 aromatic rings. The molecule has 2 unspecified atom stereocenters. The summed E-state index contributed by atoms with van der Waals surface area (Å²) in [7, 11) is 0. The minimum Gasteiger partial charge on any atom is -0.390 e. The van der Waals surface area contributed by atoms with Crippen molar-refractivity contribution in [3.05, 3.63) is 45.3 Å². The second-order valence-electron chi connectivity index (χ2n) is 3.51. The zero-order valence-corrected chi connectivity index (χ0v) is 9.30. The summed E-state index contributed by atoms with van der Waals surface area (Å²) < 4.78 is 0. The number of azide groups is 1. The maximum atomic E-state index is 10.8. The molecule has 0 aromatic heterocycles. The molecule has 0 heterocycles. The van der Waals surface area contributed by atoms with Crippen molar-refractivity contribution in [2.24, 2.45) is 5.11 Å². The fraction of sp³-hybridized carbons (Fsp3) is 0.273. The van der Waals surface area contributed by atoms with E-state index in [-0.39, 0.29) is 23.2 Å². The molecule has 0 aliphatic carbocycles. The van der Waals surface area contributed by atoms with Gasteiger partial charge in [0.15, 0.2) is 0 Å². The molecular formula is C11H11N3O4. The standard InChI is InChI=1S/C11H11N3O4/c12-14-13-4-9(17)11(18)10-7(5-15)2-1-3-8(10)6-16/h1-3,5-6,9,11,17-18H,4H2. The molecule has 2 N–H and O–H groups in total. The molecule has 94 valence electrons. The van der Waals surface area contributed by atoms with E-state index in [0.29, 0.717) is 12.6 Å². The maximum absolute atomic E-state index is 10.8. The van der Waals surface area contributed by atoms with Crippen molar-refractivity contribution in [1.29, 1.82) is 0 Å². The lowest BCUT2D eigenvalue weighted by Gasteiger charge is -2.19. The van der Waals surface area contributed by atoms with Gasteiger partial charge in [-0.15, -0.1) is 0 Å². The van der Waals surface area contributed by atoms with Crippen LogP contribution in [-0.2, 0) is 0 Å². The molecule has 1 aromatic carbocycles. The van der Waals surface area contributed by atoms with Gasteiger partial charge in [0.2, 0.25) is 0 Å². The lowest BCUT2D eigenvalue weighted by molar-refractivity contribution is 0.0237. The Morgan fingerprint density at radius 1 is 1.28 bits per heavy atom. The fourth-order valence-electron chi connectivity index (χ4n) is 1.56. The lowest BCUT2D eigenvalue weighted by atomic mass is 9.94. The molecule has 0 fully saturated rings. The molecule has 0 saturated carbocycles. The minimum absolute atomic E-state index is 0.0307. The Hall–Kier alpha value is -2.21. The molecule has 0 radical (unpaired) electrons. The van der Waals surface area contributed by atoms with Crippen molar-refractivity contribution in [3.63, 3.8) is 0 Å². The van der Waals surface area contributed by atoms with Gasteiger partial charge in [0, 0.05) is 21.6 Å². The molecule has 0 saturated heterocycles. The van der Waals surface area contributed by atoms with Crippen LogP contribution < -0.4 is 0 Å². The highest BCUT2D eigenvalue weighted by Gasteiger charge is 2.23. The number of hydrogen-bond acceptors (Lipinski definition) is 5. The first-order valence-electron chi connectivity index (χ1n) is 5.06. The number of aliphatic hydroxyl groups is 2. The Morgan fingerprint density at radius 2 is 1.83 bits per heavy atom. The van der Waals surface area contributed by atoms with Gasteiger partial charge in [0.25, 0.3) is 0 Å². The molecule has 0 aliphatic rings. The Labute approximate surface area is 102 Å². The molecular weight excluding hydrogens is 238 g/mol. The van der Waals surface area contributed by atoms with Gasteiger partial charge in [-0.3, -0.25) is 9.59 Å². The van der Waals surface area contributed by atoms with Gasteiger partial charge in [0.05, 0.1) is 12.6 Å². The first kappa shape index (κ1) is 13.9. The average molecular weight is 249 g/mol. The Morgan fingerprint density at radius 3 is 2.28 bits per heavy atom. The summed E-state index contributed by atoms with van der Waals surface area (Å²) in [5, 5.41) is 22.6. The summed E-state index contributed by atoms with van der Waals surface area (Å²) in [5.74, 6) is 0. The van der Waals surface area contributed by atoms with Crippen molar-refractivity contribution < 1.29 is 19.8 Å². The number of nitrogens with zero attached hydrogens (tertiary/aromatic N) is 3. The summed E-state index contributed by atoms with van der Waals surface area (Å²) in [4.78, 5) is 24.1. The number of aldehydes is 2. The van der Waals surface area contributed by atoms with Gasteiger partial charge in [0.1, 0.15) is 18.7 Å². The van der Waals surface area contributed by atoms with Crippen LogP contribution in [0.2, 0.25) is 0 Å². The SMILES string of the molecule is [N-]=[N+]=NCC(O)C(O)c1c(C=O)cccc1C=O. The van der Waals surface area contributed by atoms with Gasteiger partial charge in [-0.2, -0.15) is 0 Å². The molecule has 0 bridgehead atoms. The second-order valence-corrected chi connectivity index (χ2v) is 3.51. The topological polar surface area (TPSA) is 123 Å². The summed E-state index contributed by atoms with van der Waals surface area (Å²) in [6.45, 7) is -0.358. The number of carbonyl (C=O) groups is 2. The van der Waals surface area contributed by atoms with E-state index in [1.807, 2.05) is 0 Å². The van der Waals surface area contributed by atoms with Crippen molar-refractivity contribution in [1.82, 2.24) is 0 Å². The quantitative estimate of drug-likeness (QED) is 0.338. The van der Waals surface area contributed by atoms with Crippen LogP contribution in [0.5, 0.6) is 0 Å². The molecule has 7 heteroatoms. The third kappa shape index (κ3) is 2.92. The molecule has 0 aliphatic heterocycles. The summed E-state index contributed by atoms with van der Waals surface area (Å²) in [5.41, 5.74) is 8.36. The van der Waals surface area contributed by atoms with Crippen LogP contribution in [0, 0.1) is 0 Å². The normalized spacial score (nSPS) is 13.2. The van der Waals surface area contributed by atoms with Gasteiger partial charge in [-0.1, -0.05) is 23.3 Å². The summed E-state index contributed by atoms with van der Waals surface area (Å²) >= 11 is 0. The predicted molar refractivity (Wildman–Crippen MR) is 62.2 cm³/mol. The Kier molecular flexibility index (Phi) is 5.01. The van der Waals surface area contributed by atoms with Gasteiger partial charge in [-0.05, 0) is 5.53 Å². The van der Waals surface area contributed by atoms with Gasteiger partial charge >= 0.3 is 0 Å². The van der Waals surface area contributed by atoms with E-state index in [1.165, 1.54) is 18.2 Å². The van der Waals surface area contributed by atoms with Crippen LogP contribution in [0.25, 0.3) is 10.4 Å². The third-order valence-corrected chi connectivity index (χ3v) is 2.42. The summed E-state index contributed by atoms with van der Waals surface area (Å²) in [6, 6.07) is 4.32. The maximum Gasteiger partial charge on any atom is 0.150 e. The fourth-order valence-corrected chi connectivity index (χ4v) is 1.56. The average Bonchev–Trinajstić information content (AvgIpc) is 2.42. The predicted octanol–water partition coefficient (Wildman–Crippen LogP) is 1.02. The molecule has 7 nitrogen and oxygen atoms in total. The zero-order valence-electron chi connectivity index (χ0n) is 9.30. The highest BCUT2D eigenvalue weighted by molar-refractivity contribution is 5.86. The van der Waals surface area contributed by atoms with Crippen LogP contribution in [0.3, 0.4) is 0 Å². The van der Waals surface area contributed by atoms with E-state index in [2.05, 4.69) is 10.0 Å². The van der Waals surface area contributed by atoms with Gasteiger partial charge in [-0.25, -0.2) is 0 Å². The van der Waals surface area contributed by atoms with E-state index in [4.69, 9.17) is 5.53 Å². The number of carbonyl (C=O) groups excluding carboxylic acids is 2. The Bertz CT molecular complexity index is 471. The Balaban J connectivity index is 3.17. The van der Waals surface area contributed by atoms with E-state index in [0.717, 1.165) is 0 Å². The van der Waals surface area contributed by atoms with Crippen LogP contribution in [0.4, 0.5) is 0 Å². The van der Waals surface area contributed by atoms with Crippen LogP contribution in [-0.4, -0.2) is 35.4 Å². The van der Waals surface area contributed by atoms with Crippen LogP contribution in [0.15, 0.2) is 23.3 Å². The molecule has 2 atom stereocenters. The van der Waals surface area contributed by atoms with Crippen molar-refractivity contribution in [3.8, 4) is 0 Å². The number of hydrogen-bond donors (Lipinski definition) is 2. The van der Waals surface area contributed by atoms with E-state index in [9.17, 15) is 19.8 Å². The highest BCUT2D eigenvalue weighted by atomic mass is 16.3. The first-order chi connectivity index (χ1) is 8.65. The molecule has 1 rings (SSSR count). The van der Waals surface area contributed by atoms with Crippen molar-refractivity contribution >= 4 is 12.6 Å². The smallest absolute Gasteiger partial charge is 0.150 e. The van der Waals surface area contributed by atoms with Crippen LogP contribution in [0.1, 0.15) is 32.4 Å². The largest absolute Gasteiger partial charge is 0.390 e. The van der Waals surface area contributed by atoms with E-state index in [1.54, 1.807) is 0 Å². The lowest BCUT2D eigenvalue weighted by Crippen LogP contribution is -2.23. The van der Waals surface area contributed by atoms with Crippen molar-refractivity contribution in [2.45, 2.75) is 12.2 Å². The third-order valence-electron chi connectivity index (χ3n) is 2.42. The van der Waals surface area contributed by atoms with Gasteiger partial charge < -0.3 is 10.2 Å².